The Balaban J connectivity index is 1.55. The molecule has 9 nitrogen and oxygen atoms in total. The number of ether oxygens (including phenoxy) is 1. The van der Waals surface area contributed by atoms with E-state index in [1.165, 1.54) is 4.57 Å². The first-order valence-electron chi connectivity index (χ1n) is 9.17. The molecule has 2 amide bonds. The number of fused-ring (bicyclic) bond motifs is 1. The summed E-state index contributed by atoms with van der Waals surface area (Å²) in [6.45, 7) is 2.15. The molecule has 29 heavy (non-hydrogen) atoms. The number of carbonyl (C=O) groups is 2. The van der Waals surface area contributed by atoms with Crippen LogP contribution in [0, 0.1) is 0 Å². The van der Waals surface area contributed by atoms with Crippen LogP contribution in [0.25, 0.3) is 11.0 Å². The largest absolute Gasteiger partial charge is 0.497 e. The van der Waals surface area contributed by atoms with Crippen molar-refractivity contribution in [3.05, 3.63) is 59.0 Å². The zero-order valence-corrected chi connectivity index (χ0v) is 16.3. The second-order valence-electron chi connectivity index (χ2n) is 6.28. The van der Waals surface area contributed by atoms with Crippen molar-refractivity contribution in [3.63, 3.8) is 0 Å². The number of para-hydroxylation sites is 2. The third-order valence-electron chi connectivity index (χ3n) is 4.43. The Morgan fingerprint density at radius 3 is 2.17 bits per heavy atom. The predicted molar refractivity (Wildman–Crippen MR) is 110 cm³/mol. The average Bonchev–Trinajstić information content (AvgIpc) is 3.02. The van der Waals surface area contributed by atoms with Crippen LogP contribution in [0.15, 0.2) is 53.3 Å². The van der Waals surface area contributed by atoms with Crippen LogP contribution in [-0.2, 0) is 22.7 Å². The molecule has 0 fully saturated rings. The van der Waals surface area contributed by atoms with E-state index in [9.17, 15) is 14.4 Å². The number of carbonyl (C=O) groups excluding carboxylic acids is 2. The lowest BCUT2D eigenvalue weighted by Gasteiger charge is -2.10. The number of benzene rings is 2. The van der Waals surface area contributed by atoms with Crippen molar-refractivity contribution >= 4 is 28.5 Å². The highest BCUT2D eigenvalue weighted by Gasteiger charge is 2.14. The fourth-order valence-electron chi connectivity index (χ4n) is 2.99. The van der Waals surface area contributed by atoms with E-state index in [0.29, 0.717) is 17.8 Å². The van der Waals surface area contributed by atoms with Crippen molar-refractivity contribution in [2.45, 2.75) is 20.0 Å². The molecule has 0 radical (unpaired) electrons. The molecule has 0 saturated carbocycles. The van der Waals surface area contributed by atoms with Crippen LogP contribution in [0.1, 0.15) is 6.92 Å². The molecular formula is C20H23N5O4. The number of hydrazine groups is 1. The normalized spacial score (nSPS) is 10.6. The van der Waals surface area contributed by atoms with Gasteiger partial charge in [-0.25, -0.2) is 4.79 Å². The summed E-state index contributed by atoms with van der Waals surface area (Å²) in [5.41, 5.74) is 6.58. The van der Waals surface area contributed by atoms with Crippen molar-refractivity contribution in [1.29, 1.82) is 0 Å². The number of aromatic nitrogens is 2. The SMILES string of the molecule is CCn1c(=O)n(CC(=O)NNC(=O)CNc2ccc(OC)cc2)c2ccccc21. The number of nitrogens with zero attached hydrogens (tertiary/aromatic N) is 2. The standard InChI is InChI=1S/C20H23N5O4/c1-3-24-16-6-4-5-7-17(16)25(20(24)28)13-19(27)23-22-18(26)12-21-14-8-10-15(29-2)11-9-14/h4-11,21H,3,12-13H2,1-2H3,(H,22,26)(H,23,27). The van der Waals surface area contributed by atoms with Gasteiger partial charge in [0.2, 0.25) is 0 Å². The maximum absolute atomic E-state index is 12.5. The van der Waals surface area contributed by atoms with E-state index in [1.807, 2.05) is 25.1 Å². The van der Waals surface area contributed by atoms with E-state index in [-0.39, 0.29) is 18.8 Å². The van der Waals surface area contributed by atoms with Crippen molar-refractivity contribution in [3.8, 4) is 5.75 Å². The highest BCUT2D eigenvalue weighted by Crippen LogP contribution is 2.14. The van der Waals surface area contributed by atoms with Crippen LogP contribution in [-0.4, -0.2) is 34.6 Å². The Kier molecular flexibility index (Phi) is 6.18. The Morgan fingerprint density at radius 2 is 1.55 bits per heavy atom. The fourth-order valence-corrected chi connectivity index (χ4v) is 2.99. The van der Waals surface area contributed by atoms with Gasteiger partial charge in [-0.2, -0.15) is 0 Å². The molecule has 0 spiro atoms. The molecule has 0 saturated heterocycles. The van der Waals surface area contributed by atoms with Gasteiger partial charge in [-0.3, -0.25) is 29.6 Å². The second kappa shape index (κ2) is 8.96. The summed E-state index contributed by atoms with van der Waals surface area (Å²) in [4.78, 5) is 36.7. The molecule has 0 bridgehead atoms. The van der Waals surface area contributed by atoms with Gasteiger partial charge in [0.25, 0.3) is 11.8 Å². The van der Waals surface area contributed by atoms with E-state index in [4.69, 9.17) is 4.74 Å². The average molecular weight is 397 g/mol. The lowest BCUT2D eigenvalue weighted by molar-refractivity contribution is -0.128. The Hall–Kier alpha value is -3.75. The van der Waals surface area contributed by atoms with Crippen LogP contribution in [0.2, 0.25) is 0 Å². The summed E-state index contributed by atoms with van der Waals surface area (Å²) >= 11 is 0. The summed E-state index contributed by atoms with van der Waals surface area (Å²) in [6, 6.07) is 14.4. The van der Waals surface area contributed by atoms with Crippen LogP contribution in [0.5, 0.6) is 5.75 Å². The van der Waals surface area contributed by atoms with E-state index in [1.54, 1.807) is 42.0 Å². The van der Waals surface area contributed by atoms with Gasteiger partial charge in [-0.05, 0) is 43.3 Å². The molecule has 1 heterocycles. The summed E-state index contributed by atoms with van der Waals surface area (Å²) in [5.74, 6) is -0.201. The van der Waals surface area contributed by atoms with E-state index < -0.39 is 11.8 Å². The lowest BCUT2D eigenvalue weighted by Crippen LogP contribution is -2.46. The first-order valence-corrected chi connectivity index (χ1v) is 9.17. The van der Waals surface area contributed by atoms with Crippen LogP contribution in [0.3, 0.4) is 0 Å². The molecule has 9 heteroatoms. The van der Waals surface area contributed by atoms with E-state index in [0.717, 1.165) is 11.2 Å². The van der Waals surface area contributed by atoms with Gasteiger partial charge in [0, 0.05) is 12.2 Å². The monoisotopic (exact) mass is 397 g/mol. The number of hydrogen-bond acceptors (Lipinski definition) is 5. The number of rotatable bonds is 7. The summed E-state index contributed by atoms with van der Waals surface area (Å²) < 4.78 is 8.05. The Morgan fingerprint density at radius 1 is 0.931 bits per heavy atom. The minimum Gasteiger partial charge on any atom is -0.497 e. The highest BCUT2D eigenvalue weighted by atomic mass is 16.5. The van der Waals surface area contributed by atoms with Crippen LogP contribution < -0.4 is 26.6 Å². The molecule has 2 aromatic carbocycles. The van der Waals surface area contributed by atoms with Gasteiger partial charge >= 0.3 is 5.69 Å². The minimum absolute atomic E-state index is 0.0261. The molecule has 0 aliphatic carbocycles. The summed E-state index contributed by atoms with van der Waals surface area (Å²) in [6.07, 6.45) is 0. The third-order valence-corrected chi connectivity index (χ3v) is 4.43. The molecule has 0 unspecified atom stereocenters. The highest BCUT2D eigenvalue weighted by molar-refractivity contribution is 5.85. The number of imidazole rings is 1. The van der Waals surface area contributed by atoms with Crippen LogP contribution in [0.4, 0.5) is 5.69 Å². The molecule has 0 atom stereocenters. The smallest absolute Gasteiger partial charge is 0.329 e. The molecule has 3 aromatic rings. The van der Waals surface area contributed by atoms with Gasteiger partial charge in [0.1, 0.15) is 12.3 Å². The molecule has 1 aromatic heterocycles. The zero-order chi connectivity index (χ0) is 20.8. The number of hydrogen-bond donors (Lipinski definition) is 3. The van der Waals surface area contributed by atoms with Gasteiger partial charge in [-0.1, -0.05) is 12.1 Å². The first kappa shape index (κ1) is 20.0. The number of nitrogens with one attached hydrogen (secondary N) is 3. The molecule has 3 rings (SSSR count). The zero-order valence-electron chi connectivity index (χ0n) is 16.3. The van der Waals surface area contributed by atoms with Gasteiger partial charge < -0.3 is 10.1 Å². The Bertz CT molecular complexity index is 1070. The lowest BCUT2D eigenvalue weighted by atomic mass is 10.3. The molecule has 152 valence electrons. The number of anilines is 1. The van der Waals surface area contributed by atoms with Crippen molar-refractivity contribution in [1.82, 2.24) is 20.0 Å². The van der Waals surface area contributed by atoms with E-state index >= 15 is 0 Å². The summed E-state index contributed by atoms with van der Waals surface area (Å²) in [7, 11) is 1.58. The molecule has 0 aliphatic heterocycles. The fraction of sp³-hybridized carbons (Fsp3) is 0.250. The number of amides is 2. The molecule has 0 aliphatic rings. The van der Waals surface area contributed by atoms with Crippen molar-refractivity contribution < 1.29 is 14.3 Å². The van der Waals surface area contributed by atoms with Gasteiger partial charge in [0.05, 0.1) is 24.7 Å². The first-order chi connectivity index (χ1) is 14.0. The molecule has 3 N–H and O–H groups in total. The van der Waals surface area contributed by atoms with E-state index in [2.05, 4.69) is 16.2 Å². The predicted octanol–water partition coefficient (Wildman–Crippen LogP) is 1.09. The topological polar surface area (TPSA) is 106 Å². The minimum atomic E-state index is -0.496. The van der Waals surface area contributed by atoms with Gasteiger partial charge in [0.15, 0.2) is 0 Å². The van der Waals surface area contributed by atoms with Gasteiger partial charge in [-0.15, -0.1) is 0 Å². The van der Waals surface area contributed by atoms with Crippen molar-refractivity contribution in [2.75, 3.05) is 19.0 Å². The number of aryl methyl sites for hydroxylation is 1. The second-order valence-corrected chi connectivity index (χ2v) is 6.28. The third kappa shape index (κ3) is 4.57. The maximum atomic E-state index is 12.5. The quantitative estimate of drug-likeness (QED) is 0.518. The maximum Gasteiger partial charge on any atom is 0.329 e. The van der Waals surface area contributed by atoms with Crippen molar-refractivity contribution in [2.24, 2.45) is 0 Å². The number of methoxy groups -OCH3 is 1. The van der Waals surface area contributed by atoms with Crippen LogP contribution >= 0.6 is 0 Å². The molecular weight excluding hydrogens is 374 g/mol. The summed E-state index contributed by atoms with van der Waals surface area (Å²) in [5, 5.41) is 2.94. The Labute approximate surface area is 167 Å².